The van der Waals surface area contributed by atoms with Crippen molar-refractivity contribution in [2.24, 2.45) is 11.3 Å². The molecule has 1 aromatic rings. The second kappa shape index (κ2) is 10.5. The zero-order chi connectivity index (χ0) is 22.3. The Labute approximate surface area is 178 Å². The fraction of sp³-hybridized carbons (Fsp3) is 0.591. The number of hydrogen-bond donors (Lipinski definition) is 2. The summed E-state index contributed by atoms with van der Waals surface area (Å²) >= 11 is 0. The Bertz CT molecular complexity index is 759. The van der Waals surface area contributed by atoms with Crippen LogP contribution in [0, 0.1) is 17.2 Å². The van der Waals surface area contributed by atoms with Crippen molar-refractivity contribution in [3.8, 4) is 0 Å². The minimum Gasteiger partial charge on any atom is -0.355 e. The quantitative estimate of drug-likeness (QED) is 0.668. The number of nitrogens with zero attached hydrogens (tertiary/aromatic N) is 2. The number of halogens is 1. The molecule has 7 nitrogen and oxygen atoms in total. The lowest BCUT2D eigenvalue weighted by atomic mass is 9.91. The lowest BCUT2D eigenvalue weighted by molar-refractivity contribution is -0.134. The molecule has 1 aliphatic heterocycles. The van der Waals surface area contributed by atoms with E-state index in [4.69, 9.17) is 0 Å². The first kappa shape index (κ1) is 23.8. The van der Waals surface area contributed by atoms with Gasteiger partial charge in [-0.25, -0.2) is 4.39 Å². The maximum Gasteiger partial charge on any atom is 0.254 e. The average molecular weight is 421 g/mol. The molecule has 0 unspecified atom stereocenters. The fourth-order valence-electron chi connectivity index (χ4n) is 3.78. The maximum absolute atomic E-state index is 13.6. The molecule has 1 aromatic carbocycles. The first-order valence-electron chi connectivity index (χ1n) is 10.3. The normalized spacial score (nSPS) is 15.2. The smallest absolute Gasteiger partial charge is 0.254 e. The minimum absolute atomic E-state index is 0.0216. The van der Waals surface area contributed by atoms with Crippen molar-refractivity contribution in [2.45, 2.75) is 26.7 Å². The highest BCUT2D eigenvalue weighted by atomic mass is 19.1. The molecule has 0 atom stereocenters. The molecule has 0 bridgehead atoms. The van der Waals surface area contributed by atoms with Gasteiger partial charge in [0.25, 0.3) is 5.91 Å². The van der Waals surface area contributed by atoms with Crippen molar-refractivity contribution in [2.75, 3.05) is 46.8 Å². The lowest BCUT2D eigenvalue weighted by Gasteiger charge is -2.33. The van der Waals surface area contributed by atoms with Crippen LogP contribution in [0.5, 0.6) is 0 Å². The van der Waals surface area contributed by atoms with Gasteiger partial charge in [0.15, 0.2) is 0 Å². The average Bonchev–Trinajstić information content (AvgIpc) is 2.69. The van der Waals surface area contributed by atoms with Crippen LogP contribution >= 0.6 is 0 Å². The summed E-state index contributed by atoms with van der Waals surface area (Å²) in [7, 11) is 4.02. The first-order valence-corrected chi connectivity index (χ1v) is 10.3. The Hall–Kier alpha value is -2.48. The van der Waals surface area contributed by atoms with E-state index in [0.29, 0.717) is 32.5 Å². The summed E-state index contributed by atoms with van der Waals surface area (Å²) in [4.78, 5) is 40.6. The SMILES string of the molecule is CN(C)CC(C)(C)CNC(=O)C1CCN(C(=O)CNC(=O)c2ccccc2F)CC1. The van der Waals surface area contributed by atoms with Crippen molar-refractivity contribution in [1.82, 2.24) is 20.4 Å². The van der Waals surface area contributed by atoms with E-state index in [1.165, 1.54) is 18.2 Å². The summed E-state index contributed by atoms with van der Waals surface area (Å²) in [5.41, 5.74) is -0.107. The molecule has 1 aliphatic rings. The third kappa shape index (κ3) is 7.09. The van der Waals surface area contributed by atoms with Crippen LogP contribution in [0.2, 0.25) is 0 Å². The van der Waals surface area contributed by atoms with Gasteiger partial charge in [0, 0.05) is 32.1 Å². The molecule has 0 saturated carbocycles. The van der Waals surface area contributed by atoms with E-state index in [2.05, 4.69) is 29.4 Å². The van der Waals surface area contributed by atoms with E-state index in [0.717, 1.165) is 6.54 Å². The Balaban J connectivity index is 1.74. The van der Waals surface area contributed by atoms with Gasteiger partial charge in [-0.15, -0.1) is 0 Å². The van der Waals surface area contributed by atoms with Gasteiger partial charge in [-0.05, 0) is 44.5 Å². The molecule has 166 valence electrons. The molecule has 1 saturated heterocycles. The number of benzene rings is 1. The molecule has 0 aliphatic carbocycles. The topological polar surface area (TPSA) is 81.8 Å². The van der Waals surface area contributed by atoms with Crippen LogP contribution in [0.3, 0.4) is 0 Å². The minimum atomic E-state index is -0.622. The van der Waals surface area contributed by atoms with Crippen LogP contribution in [-0.4, -0.2) is 74.3 Å². The number of nitrogens with one attached hydrogen (secondary N) is 2. The molecule has 1 heterocycles. The number of carbonyl (C=O) groups excluding carboxylic acids is 3. The van der Waals surface area contributed by atoms with E-state index in [1.807, 2.05) is 14.1 Å². The molecule has 0 radical (unpaired) electrons. The van der Waals surface area contributed by atoms with Crippen molar-refractivity contribution in [3.63, 3.8) is 0 Å². The largest absolute Gasteiger partial charge is 0.355 e. The van der Waals surface area contributed by atoms with Crippen LogP contribution in [0.4, 0.5) is 4.39 Å². The van der Waals surface area contributed by atoms with Gasteiger partial charge in [-0.2, -0.15) is 0 Å². The molecule has 2 rings (SSSR count). The predicted molar refractivity (Wildman–Crippen MR) is 113 cm³/mol. The summed E-state index contributed by atoms with van der Waals surface area (Å²) in [6, 6.07) is 5.64. The Morgan fingerprint density at radius 3 is 2.37 bits per heavy atom. The lowest BCUT2D eigenvalue weighted by Crippen LogP contribution is -2.47. The maximum atomic E-state index is 13.6. The van der Waals surface area contributed by atoms with E-state index in [1.54, 1.807) is 11.0 Å². The summed E-state index contributed by atoms with van der Waals surface area (Å²) in [6.45, 7) is 6.45. The van der Waals surface area contributed by atoms with Crippen LogP contribution in [-0.2, 0) is 9.59 Å². The van der Waals surface area contributed by atoms with Crippen molar-refractivity contribution < 1.29 is 18.8 Å². The van der Waals surface area contributed by atoms with Crippen LogP contribution in [0.25, 0.3) is 0 Å². The van der Waals surface area contributed by atoms with Crippen LogP contribution < -0.4 is 10.6 Å². The van der Waals surface area contributed by atoms with Crippen LogP contribution in [0.1, 0.15) is 37.0 Å². The molecule has 1 fully saturated rings. The van der Waals surface area contributed by atoms with Gasteiger partial charge in [0.05, 0.1) is 12.1 Å². The highest BCUT2D eigenvalue weighted by molar-refractivity contribution is 5.96. The fourth-order valence-corrected chi connectivity index (χ4v) is 3.78. The van der Waals surface area contributed by atoms with Crippen molar-refractivity contribution in [3.05, 3.63) is 35.6 Å². The number of rotatable bonds is 8. The molecule has 3 amide bonds. The van der Waals surface area contributed by atoms with Gasteiger partial charge in [-0.1, -0.05) is 26.0 Å². The van der Waals surface area contributed by atoms with Gasteiger partial charge in [0.1, 0.15) is 5.82 Å². The van der Waals surface area contributed by atoms with E-state index >= 15 is 0 Å². The Kier molecular flexibility index (Phi) is 8.34. The second-order valence-corrected chi connectivity index (χ2v) is 8.94. The van der Waals surface area contributed by atoms with Crippen LogP contribution in [0.15, 0.2) is 24.3 Å². The third-order valence-corrected chi connectivity index (χ3v) is 5.22. The molecule has 0 spiro atoms. The summed E-state index contributed by atoms with van der Waals surface area (Å²) in [6.07, 6.45) is 1.18. The van der Waals surface area contributed by atoms with Gasteiger partial charge >= 0.3 is 0 Å². The number of piperidine rings is 1. The van der Waals surface area contributed by atoms with E-state index < -0.39 is 11.7 Å². The molecule has 8 heteroatoms. The molecule has 30 heavy (non-hydrogen) atoms. The predicted octanol–water partition coefficient (Wildman–Crippen LogP) is 1.50. The van der Waals surface area contributed by atoms with Gasteiger partial charge in [0.2, 0.25) is 11.8 Å². The monoisotopic (exact) mass is 420 g/mol. The first-order chi connectivity index (χ1) is 14.1. The Morgan fingerprint density at radius 1 is 1.13 bits per heavy atom. The number of hydrogen-bond acceptors (Lipinski definition) is 4. The van der Waals surface area contributed by atoms with Crippen molar-refractivity contribution in [1.29, 1.82) is 0 Å². The number of likely N-dealkylation sites (tertiary alicyclic amines) is 1. The molecular formula is C22H33FN4O3. The standard InChI is InChI=1S/C22H33FN4O3/c1-22(2,15-26(3)4)14-25-20(29)16-9-11-27(12-10-16)19(28)13-24-21(30)17-7-5-6-8-18(17)23/h5-8,16H,9-15H2,1-4H3,(H,24,30)(H,25,29). The number of amides is 3. The van der Waals surface area contributed by atoms with Crippen molar-refractivity contribution >= 4 is 17.7 Å². The number of carbonyl (C=O) groups is 3. The second-order valence-electron chi connectivity index (χ2n) is 8.94. The zero-order valence-electron chi connectivity index (χ0n) is 18.3. The third-order valence-electron chi connectivity index (χ3n) is 5.22. The highest BCUT2D eigenvalue weighted by Gasteiger charge is 2.29. The summed E-state index contributed by atoms with van der Waals surface area (Å²) in [5, 5.41) is 5.51. The molecular weight excluding hydrogens is 387 g/mol. The highest BCUT2D eigenvalue weighted by Crippen LogP contribution is 2.19. The molecule has 0 aromatic heterocycles. The molecule has 2 N–H and O–H groups in total. The van der Waals surface area contributed by atoms with Gasteiger partial charge in [-0.3, -0.25) is 14.4 Å². The zero-order valence-corrected chi connectivity index (χ0v) is 18.3. The summed E-state index contributed by atoms with van der Waals surface area (Å²) in [5.74, 6) is -1.55. The van der Waals surface area contributed by atoms with Gasteiger partial charge < -0.3 is 20.4 Å². The Morgan fingerprint density at radius 2 is 1.77 bits per heavy atom. The summed E-state index contributed by atoms with van der Waals surface area (Å²) < 4.78 is 13.6. The van der Waals surface area contributed by atoms with E-state index in [-0.39, 0.29) is 35.3 Å². The van der Waals surface area contributed by atoms with E-state index in [9.17, 15) is 18.8 Å².